The van der Waals surface area contributed by atoms with Crippen LogP contribution < -0.4 is 20.9 Å². The number of nitrogens with one attached hydrogen (secondary N) is 3. The summed E-state index contributed by atoms with van der Waals surface area (Å²) in [5, 5.41) is 9.49. The molecule has 3 rings (SSSR count). The summed E-state index contributed by atoms with van der Waals surface area (Å²) in [4.78, 5) is 18.5. The van der Waals surface area contributed by atoms with Gasteiger partial charge in [0.15, 0.2) is 5.96 Å². The number of carbonyl (C=O) groups is 1. The van der Waals surface area contributed by atoms with Crippen molar-refractivity contribution >= 4 is 47.4 Å². The van der Waals surface area contributed by atoms with Gasteiger partial charge in [-0.15, -0.1) is 24.0 Å². The van der Waals surface area contributed by atoms with Gasteiger partial charge < -0.3 is 20.3 Å². The van der Waals surface area contributed by atoms with Crippen LogP contribution in [-0.2, 0) is 11.3 Å². The number of benzene rings is 2. The molecule has 174 valence electrons. The fourth-order valence-electron chi connectivity index (χ4n) is 3.61. The third-order valence-corrected chi connectivity index (χ3v) is 5.34. The van der Waals surface area contributed by atoms with Crippen LogP contribution in [0, 0.1) is 0 Å². The second-order valence-electron chi connectivity index (χ2n) is 7.66. The van der Waals surface area contributed by atoms with Crippen molar-refractivity contribution in [2.75, 3.05) is 37.0 Å². The molecule has 0 aromatic heterocycles. The zero-order valence-corrected chi connectivity index (χ0v) is 21.4. The van der Waals surface area contributed by atoms with Crippen molar-refractivity contribution in [3.63, 3.8) is 0 Å². The molecule has 1 amide bonds. The number of guanidine groups is 1. The maximum atomic E-state index is 11.3. The maximum absolute atomic E-state index is 11.3. The van der Waals surface area contributed by atoms with E-state index >= 15 is 0 Å². The molecule has 1 aliphatic heterocycles. The average molecular weight is 551 g/mol. The van der Waals surface area contributed by atoms with Gasteiger partial charge in [-0.05, 0) is 62.1 Å². The molecule has 1 fully saturated rings. The molecule has 1 unspecified atom stereocenters. The summed E-state index contributed by atoms with van der Waals surface area (Å²) in [7, 11) is 1.34. The van der Waals surface area contributed by atoms with E-state index in [1.807, 2.05) is 24.3 Å². The van der Waals surface area contributed by atoms with Crippen molar-refractivity contribution in [1.82, 2.24) is 10.6 Å². The number of amides is 1. The van der Waals surface area contributed by atoms with E-state index < -0.39 is 6.09 Å². The van der Waals surface area contributed by atoms with Gasteiger partial charge in [-0.1, -0.05) is 24.3 Å². The minimum absolute atomic E-state index is 0. The number of rotatable bonds is 7. The zero-order chi connectivity index (χ0) is 22.1. The summed E-state index contributed by atoms with van der Waals surface area (Å²) in [6, 6.07) is 16.5. The Balaban J connectivity index is 0.00000363. The van der Waals surface area contributed by atoms with Gasteiger partial charge in [-0.2, -0.15) is 0 Å². The Kier molecular flexibility index (Phi) is 10.6. The third-order valence-electron chi connectivity index (χ3n) is 5.34. The normalized spacial score (nSPS) is 14.3. The lowest BCUT2D eigenvalue weighted by Crippen LogP contribution is -2.38. The molecule has 1 heterocycles. The van der Waals surface area contributed by atoms with Crippen LogP contribution in [0.25, 0.3) is 0 Å². The van der Waals surface area contributed by atoms with Crippen molar-refractivity contribution < 1.29 is 9.53 Å². The number of hydrogen-bond acceptors (Lipinski definition) is 4. The fourth-order valence-corrected chi connectivity index (χ4v) is 3.61. The minimum atomic E-state index is -0.479. The summed E-state index contributed by atoms with van der Waals surface area (Å²) in [5.74, 6) is 0.776. The van der Waals surface area contributed by atoms with E-state index in [1.54, 1.807) is 0 Å². The molecule has 0 aliphatic carbocycles. The van der Waals surface area contributed by atoms with Crippen LogP contribution in [0.15, 0.2) is 53.5 Å². The Morgan fingerprint density at radius 3 is 2.53 bits per heavy atom. The lowest BCUT2D eigenvalue weighted by atomic mass is 10.1. The van der Waals surface area contributed by atoms with Gasteiger partial charge in [0.2, 0.25) is 0 Å². The van der Waals surface area contributed by atoms with Crippen molar-refractivity contribution in [2.45, 2.75) is 39.3 Å². The molecule has 1 atom stereocenters. The van der Waals surface area contributed by atoms with Gasteiger partial charge in [0.05, 0.1) is 19.7 Å². The van der Waals surface area contributed by atoms with Gasteiger partial charge >= 0.3 is 6.09 Å². The number of aliphatic imine (C=N–C) groups is 1. The second-order valence-corrected chi connectivity index (χ2v) is 7.66. The van der Waals surface area contributed by atoms with Gasteiger partial charge in [0, 0.05) is 31.0 Å². The summed E-state index contributed by atoms with van der Waals surface area (Å²) in [6.45, 7) is 7.82. The lowest BCUT2D eigenvalue weighted by molar-refractivity contribution is 0.187. The first kappa shape index (κ1) is 25.8. The van der Waals surface area contributed by atoms with Crippen molar-refractivity contribution in [2.24, 2.45) is 4.99 Å². The molecule has 2 aromatic carbocycles. The first-order valence-electron chi connectivity index (χ1n) is 10.9. The van der Waals surface area contributed by atoms with Gasteiger partial charge in [0.25, 0.3) is 0 Å². The first-order chi connectivity index (χ1) is 15.1. The van der Waals surface area contributed by atoms with Crippen molar-refractivity contribution in [3.05, 3.63) is 59.7 Å². The van der Waals surface area contributed by atoms with E-state index in [0.29, 0.717) is 12.2 Å². The molecule has 0 spiro atoms. The van der Waals surface area contributed by atoms with Crippen LogP contribution in [-0.4, -0.2) is 38.8 Å². The number of ether oxygens (including phenoxy) is 1. The van der Waals surface area contributed by atoms with E-state index in [1.165, 1.54) is 31.2 Å². The van der Waals surface area contributed by atoms with Crippen LogP contribution in [0.2, 0.25) is 0 Å². The molecule has 8 heteroatoms. The molecule has 0 bridgehead atoms. The molecule has 32 heavy (non-hydrogen) atoms. The molecule has 3 N–H and O–H groups in total. The number of carbonyl (C=O) groups excluding carboxylic acids is 1. The van der Waals surface area contributed by atoms with Crippen LogP contribution in [0.5, 0.6) is 0 Å². The highest BCUT2D eigenvalue weighted by atomic mass is 127. The Morgan fingerprint density at radius 2 is 1.88 bits per heavy atom. The summed E-state index contributed by atoms with van der Waals surface area (Å²) >= 11 is 0. The monoisotopic (exact) mass is 551 g/mol. The maximum Gasteiger partial charge on any atom is 0.411 e. The summed E-state index contributed by atoms with van der Waals surface area (Å²) in [5.41, 5.74) is 4.28. The third kappa shape index (κ3) is 7.58. The molecular weight excluding hydrogens is 517 g/mol. The van der Waals surface area contributed by atoms with Crippen molar-refractivity contribution in [1.29, 1.82) is 0 Å². The summed E-state index contributed by atoms with van der Waals surface area (Å²) in [6.07, 6.45) is 2.07. The smallest absolute Gasteiger partial charge is 0.411 e. The zero-order valence-electron chi connectivity index (χ0n) is 19.1. The average Bonchev–Trinajstić information content (AvgIpc) is 3.33. The van der Waals surface area contributed by atoms with E-state index in [0.717, 1.165) is 31.2 Å². The van der Waals surface area contributed by atoms with E-state index in [-0.39, 0.29) is 30.0 Å². The number of halogens is 1. The minimum Gasteiger partial charge on any atom is -0.453 e. The highest BCUT2D eigenvalue weighted by Gasteiger charge is 2.14. The fraction of sp³-hybridized carbons (Fsp3) is 0.417. The lowest BCUT2D eigenvalue weighted by Gasteiger charge is -2.22. The van der Waals surface area contributed by atoms with E-state index in [9.17, 15) is 4.79 Å². The van der Waals surface area contributed by atoms with Gasteiger partial charge in [-0.25, -0.2) is 9.79 Å². The van der Waals surface area contributed by atoms with E-state index in [4.69, 9.17) is 4.99 Å². The predicted molar refractivity (Wildman–Crippen MR) is 142 cm³/mol. The molecule has 1 saturated heterocycles. The Morgan fingerprint density at radius 1 is 1.16 bits per heavy atom. The number of hydrogen-bond donors (Lipinski definition) is 3. The van der Waals surface area contributed by atoms with Gasteiger partial charge in [0.1, 0.15) is 0 Å². The number of methoxy groups -OCH3 is 1. The highest BCUT2D eigenvalue weighted by molar-refractivity contribution is 14.0. The van der Waals surface area contributed by atoms with Crippen molar-refractivity contribution in [3.8, 4) is 0 Å². The molecule has 0 radical (unpaired) electrons. The highest BCUT2D eigenvalue weighted by Crippen LogP contribution is 2.24. The van der Waals surface area contributed by atoms with Crippen LogP contribution in [0.3, 0.4) is 0 Å². The molecule has 2 aromatic rings. The molecule has 1 aliphatic rings. The Hall–Kier alpha value is -2.49. The Labute approximate surface area is 208 Å². The molecule has 0 saturated carbocycles. The topological polar surface area (TPSA) is 78.0 Å². The van der Waals surface area contributed by atoms with Crippen LogP contribution in [0.4, 0.5) is 16.2 Å². The molecular formula is C24H34IN5O2. The summed E-state index contributed by atoms with van der Waals surface area (Å²) < 4.78 is 4.61. The predicted octanol–water partition coefficient (Wildman–Crippen LogP) is 4.90. The number of anilines is 2. The first-order valence-corrected chi connectivity index (χ1v) is 10.9. The largest absolute Gasteiger partial charge is 0.453 e. The van der Waals surface area contributed by atoms with Crippen LogP contribution in [0.1, 0.15) is 43.9 Å². The number of nitrogens with zero attached hydrogens (tertiary/aromatic N) is 2. The van der Waals surface area contributed by atoms with Gasteiger partial charge in [-0.3, -0.25) is 5.32 Å². The van der Waals surface area contributed by atoms with Crippen LogP contribution >= 0.6 is 24.0 Å². The standard InChI is InChI=1S/C24H33N5O2.HI/c1-4-25-23(26-17-19-10-12-21(13-11-19)28-24(30)31-3)27-18(2)20-8-7-9-22(16-20)29-14-5-6-15-29;/h7-13,16,18H,4-6,14-15,17H2,1-3H3,(H,28,30)(H2,25,26,27);1H. The van der Waals surface area contributed by atoms with E-state index in [2.05, 4.69) is 63.7 Å². The quantitative estimate of drug-likeness (QED) is 0.259. The molecule has 7 nitrogen and oxygen atoms in total. The second kappa shape index (κ2) is 13.1. The Bertz CT molecular complexity index is 882. The SMILES string of the molecule is CCNC(=NCc1ccc(NC(=O)OC)cc1)NC(C)c1cccc(N2CCCC2)c1.I.